The van der Waals surface area contributed by atoms with Crippen molar-refractivity contribution in [3.8, 4) is 0 Å². The number of rotatable bonds is 1. The summed E-state index contributed by atoms with van der Waals surface area (Å²) < 4.78 is 56.6. The third-order valence-corrected chi connectivity index (χ3v) is 2.42. The van der Waals surface area contributed by atoms with Crippen LogP contribution in [0.25, 0.3) is 0 Å². The summed E-state index contributed by atoms with van der Waals surface area (Å²) in [4.78, 5) is -0.600. The van der Waals surface area contributed by atoms with Crippen LogP contribution in [0.2, 0.25) is 0 Å². The Morgan fingerprint density at radius 1 is 1.36 bits per heavy atom. The maximum atomic E-state index is 12.4. The zero-order valence-electron chi connectivity index (χ0n) is 7.13. The van der Waals surface area contributed by atoms with Gasteiger partial charge in [-0.05, 0) is 18.6 Å². The molecule has 1 aromatic carbocycles. The molecule has 1 aromatic rings. The molecule has 0 spiro atoms. The van der Waals surface area contributed by atoms with Crippen molar-refractivity contribution in [3.63, 3.8) is 0 Å². The lowest BCUT2D eigenvalue weighted by Crippen LogP contribution is -2.12. The van der Waals surface area contributed by atoms with Gasteiger partial charge in [0.25, 0.3) is 0 Å². The summed E-state index contributed by atoms with van der Waals surface area (Å²) in [5.41, 5.74) is -1.08. The number of hydrogen-bond donors (Lipinski definition) is 1. The second kappa shape index (κ2) is 3.70. The highest BCUT2D eigenvalue weighted by atomic mass is 32.2. The van der Waals surface area contributed by atoms with Gasteiger partial charge in [0.1, 0.15) is 0 Å². The molecule has 0 aliphatic rings. The average molecular weight is 224 g/mol. The van der Waals surface area contributed by atoms with Gasteiger partial charge in [-0.2, -0.15) is 13.2 Å². The van der Waals surface area contributed by atoms with E-state index >= 15 is 0 Å². The molecule has 0 amide bonds. The van der Waals surface area contributed by atoms with Crippen LogP contribution in [0.3, 0.4) is 0 Å². The Bertz CT molecular complexity index is 373. The van der Waals surface area contributed by atoms with Crippen LogP contribution < -0.4 is 0 Å². The highest BCUT2D eigenvalue weighted by Crippen LogP contribution is 2.35. The molecule has 6 heteroatoms. The minimum atomic E-state index is -4.60. The Labute approximate surface area is 81.0 Å². The van der Waals surface area contributed by atoms with Crippen LogP contribution >= 0.6 is 0 Å². The van der Waals surface area contributed by atoms with Crippen molar-refractivity contribution in [3.05, 3.63) is 29.3 Å². The van der Waals surface area contributed by atoms with E-state index in [-0.39, 0.29) is 5.56 Å². The van der Waals surface area contributed by atoms with E-state index in [1.54, 1.807) is 0 Å². The van der Waals surface area contributed by atoms with E-state index in [9.17, 15) is 17.4 Å². The van der Waals surface area contributed by atoms with Crippen molar-refractivity contribution < 1.29 is 21.9 Å². The molecule has 0 bridgehead atoms. The summed E-state index contributed by atoms with van der Waals surface area (Å²) in [7, 11) is 0. The van der Waals surface area contributed by atoms with Crippen molar-refractivity contribution in [1.29, 1.82) is 0 Å². The van der Waals surface area contributed by atoms with Gasteiger partial charge in [-0.1, -0.05) is 12.1 Å². The van der Waals surface area contributed by atoms with Crippen LogP contribution in [-0.2, 0) is 17.3 Å². The van der Waals surface area contributed by atoms with E-state index in [0.29, 0.717) is 0 Å². The molecule has 0 saturated heterocycles. The van der Waals surface area contributed by atoms with Crippen molar-refractivity contribution in [2.45, 2.75) is 18.0 Å². The largest absolute Gasteiger partial charge is 0.417 e. The van der Waals surface area contributed by atoms with Gasteiger partial charge < -0.3 is 4.55 Å². The van der Waals surface area contributed by atoms with E-state index in [0.717, 1.165) is 6.07 Å². The van der Waals surface area contributed by atoms with E-state index in [2.05, 4.69) is 0 Å². The first-order valence-corrected chi connectivity index (χ1v) is 4.72. The Morgan fingerprint density at radius 3 is 2.29 bits per heavy atom. The van der Waals surface area contributed by atoms with Crippen molar-refractivity contribution >= 4 is 11.1 Å². The molecule has 1 rings (SSSR count). The Kier molecular flexibility index (Phi) is 2.96. The fourth-order valence-corrected chi connectivity index (χ4v) is 1.80. The second-order valence-electron chi connectivity index (χ2n) is 2.69. The molecule has 14 heavy (non-hydrogen) atoms. The zero-order chi connectivity index (χ0) is 10.9. The van der Waals surface area contributed by atoms with Crippen LogP contribution in [0.5, 0.6) is 0 Å². The molecule has 1 unspecified atom stereocenters. The third kappa shape index (κ3) is 2.13. The first-order chi connectivity index (χ1) is 6.34. The molecule has 1 N–H and O–H groups in total. The van der Waals surface area contributed by atoms with E-state index in [1.807, 2.05) is 0 Å². The molecular weight excluding hydrogens is 217 g/mol. The molecule has 0 aromatic heterocycles. The van der Waals surface area contributed by atoms with Crippen LogP contribution in [0, 0.1) is 6.92 Å². The molecule has 0 heterocycles. The third-order valence-electron chi connectivity index (χ3n) is 1.71. The molecule has 0 radical (unpaired) electrons. The molecule has 0 aliphatic heterocycles. The van der Waals surface area contributed by atoms with Gasteiger partial charge >= 0.3 is 6.18 Å². The minimum Gasteiger partial charge on any atom is -0.302 e. The fraction of sp³-hybridized carbons (Fsp3) is 0.250. The van der Waals surface area contributed by atoms with Gasteiger partial charge in [-0.25, -0.2) is 4.21 Å². The topological polar surface area (TPSA) is 37.3 Å². The lowest BCUT2D eigenvalue weighted by molar-refractivity contribution is -0.140. The summed E-state index contributed by atoms with van der Waals surface area (Å²) in [5.74, 6) is 0. The van der Waals surface area contributed by atoms with E-state index in [1.165, 1.54) is 19.1 Å². The maximum Gasteiger partial charge on any atom is 0.417 e. The van der Waals surface area contributed by atoms with Gasteiger partial charge in [0.05, 0.1) is 10.5 Å². The summed E-state index contributed by atoms with van der Waals surface area (Å²) >= 11 is -2.62. The highest BCUT2D eigenvalue weighted by Gasteiger charge is 2.36. The first-order valence-electron chi connectivity index (χ1n) is 3.61. The fourth-order valence-electron chi connectivity index (χ4n) is 1.15. The number of benzene rings is 1. The number of halogens is 3. The van der Waals surface area contributed by atoms with Crippen molar-refractivity contribution in [2.24, 2.45) is 0 Å². The Balaban J connectivity index is 3.45. The standard InChI is InChI=1S/C8H7F3O2S/c1-5-3-2-4-6(14(12)13)7(5)8(9,10)11/h2-4H,1H3,(H,12,13). The van der Waals surface area contributed by atoms with Gasteiger partial charge in [0.15, 0.2) is 11.1 Å². The lowest BCUT2D eigenvalue weighted by atomic mass is 10.1. The predicted octanol–water partition coefficient (Wildman–Crippen LogP) is 2.59. The monoisotopic (exact) mass is 224 g/mol. The van der Waals surface area contributed by atoms with Gasteiger partial charge in [0.2, 0.25) is 0 Å². The first kappa shape index (κ1) is 11.2. The van der Waals surface area contributed by atoms with Crippen LogP contribution in [-0.4, -0.2) is 8.76 Å². The van der Waals surface area contributed by atoms with Gasteiger partial charge in [-0.3, -0.25) is 0 Å². The summed E-state index contributed by atoms with van der Waals surface area (Å²) in [6, 6.07) is 3.55. The average Bonchev–Trinajstić information content (AvgIpc) is 2.01. The number of aryl methyl sites for hydroxylation is 1. The molecule has 78 valence electrons. The van der Waals surface area contributed by atoms with Crippen LogP contribution in [0.15, 0.2) is 23.1 Å². The highest BCUT2D eigenvalue weighted by molar-refractivity contribution is 7.79. The van der Waals surface area contributed by atoms with Gasteiger partial charge in [0, 0.05) is 0 Å². The van der Waals surface area contributed by atoms with Crippen LogP contribution in [0.1, 0.15) is 11.1 Å². The smallest absolute Gasteiger partial charge is 0.302 e. The minimum absolute atomic E-state index is 0.0580. The SMILES string of the molecule is Cc1cccc(S(=O)O)c1C(F)(F)F. The molecule has 0 aliphatic carbocycles. The number of hydrogen-bond acceptors (Lipinski definition) is 1. The maximum absolute atomic E-state index is 12.4. The van der Waals surface area contributed by atoms with E-state index < -0.39 is 27.7 Å². The van der Waals surface area contributed by atoms with E-state index in [4.69, 9.17) is 4.55 Å². The number of alkyl halides is 3. The Morgan fingerprint density at radius 2 is 1.93 bits per heavy atom. The van der Waals surface area contributed by atoms with Crippen LogP contribution in [0.4, 0.5) is 13.2 Å². The summed E-state index contributed by atoms with van der Waals surface area (Å²) in [6.45, 7) is 1.25. The van der Waals surface area contributed by atoms with Gasteiger partial charge in [-0.15, -0.1) is 0 Å². The zero-order valence-corrected chi connectivity index (χ0v) is 7.95. The van der Waals surface area contributed by atoms with Crippen molar-refractivity contribution in [2.75, 3.05) is 0 Å². The molecule has 1 atom stereocenters. The summed E-state index contributed by atoms with van der Waals surface area (Å²) in [6.07, 6.45) is -4.60. The summed E-state index contributed by atoms with van der Waals surface area (Å²) in [5, 5.41) is 0. The molecular formula is C8H7F3O2S. The lowest BCUT2D eigenvalue weighted by Gasteiger charge is -2.12. The predicted molar refractivity (Wildman–Crippen MR) is 45.2 cm³/mol. The molecule has 2 nitrogen and oxygen atoms in total. The van der Waals surface area contributed by atoms with Crippen molar-refractivity contribution in [1.82, 2.24) is 0 Å². The molecule has 0 saturated carbocycles. The quantitative estimate of drug-likeness (QED) is 0.744. The molecule has 0 fully saturated rings. The second-order valence-corrected chi connectivity index (χ2v) is 3.63. The normalized spacial score (nSPS) is 14.1. The Hall–Kier alpha value is -0.880.